The van der Waals surface area contributed by atoms with E-state index in [0.717, 1.165) is 0 Å². The van der Waals surface area contributed by atoms with E-state index in [1.807, 2.05) is 0 Å². The number of nitrogens with zero attached hydrogens (tertiary/aromatic N) is 2. The molecule has 1 aromatic rings. The van der Waals surface area contributed by atoms with E-state index < -0.39 is 41.0 Å². The minimum Gasteiger partial charge on any atom is -0.444 e. The molecule has 1 aromatic carbocycles. The number of urea groups is 1. The summed E-state index contributed by atoms with van der Waals surface area (Å²) in [6, 6.07) is 1.06. The Bertz CT molecular complexity index is 708. The Balaban J connectivity index is 1.96. The first-order chi connectivity index (χ1) is 12.4. The fraction of sp³-hybridized carbons (Fsp3) is 0.529. The lowest BCUT2D eigenvalue weighted by molar-refractivity contribution is -0.137. The quantitative estimate of drug-likeness (QED) is 0.738. The zero-order valence-corrected chi connectivity index (χ0v) is 15.2. The number of nitrogens with one attached hydrogen (secondary N) is 1. The first-order valence-corrected chi connectivity index (χ1v) is 8.27. The molecule has 1 heterocycles. The van der Waals surface area contributed by atoms with Gasteiger partial charge in [-0.15, -0.1) is 0 Å². The molecule has 0 saturated carbocycles. The average molecular weight is 391 g/mol. The molecule has 0 radical (unpaired) electrons. The number of piperazine rings is 1. The normalized spacial score (nSPS) is 15.5. The molecule has 150 valence electrons. The Kier molecular flexibility index (Phi) is 5.86. The lowest BCUT2D eigenvalue weighted by Crippen LogP contribution is -2.52. The van der Waals surface area contributed by atoms with Crippen LogP contribution in [-0.2, 0) is 10.9 Å². The largest absolute Gasteiger partial charge is 0.444 e. The van der Waals surface area contributed by atoms with Gasteiger partial charge in [0.25, 0.3) is 0 Å². The maximum atomic E-state index is 13.7. The Hall–Kier alpha value is -2.52. The SMILES string of the molecule is CC(C)(C)OC(=O)N1CCN(C(=O)Nc2cc(C(F)(F)F)ccc2F)CC1. The summed E-state index contributed by atoms with van der Waals surface area (Å²) >= 11 is 0. The highest BCUT2D eigenvalue weighted by Gasteiger charge is 2.32. The summed E-state index contributed by atoms with van der Waals surface area (Å²) in [6.07, 6.45) is -5.15. The van der Waals surface area contributed by atoms with Gasteiger partial charge >= 0.3 is 18.3 Å². The van der Waals surface area contributed by atoms with Crippen LogP contribution >= 0.6 is 0 Å². The van der Waals surface area contributed by atoms with E-state index in [9.17, 15) is 27.2 Å². The van der Waals surface area contributed by atoms with Crippen LogP contribution < -0.4 is 5.32 Å². The molecule has 0 atom stereocenters. The van der Waals surface area contributed by atoms with E-state index in [0.29, 0.717) is 18.2 Å². The molecular weight excluding hydrogens is 370 g/mol. The van der Waals surface area contributed by atoms with Crippen molar-refractivity contribution in [3.63, 3.8) is 0 Å². The standard InChI is InChI=1S/C17H21F4N3O3/c1-16(2,3)27-15(26)24-8-6-23(7-9-24)14(25)22-13-10-11(17(19,20)21)4-5-12(13)18/h4-5,10H,6-9H2,1-3H3,(H,22,25). The number of alkyl halides is 3. The van der Waals surface area contributed by atoms with Gasteiger partial charge in [-0.3, -0.25) is 0 Å². The predicted molar refractivity (Wildman–Crippen MR) is 89.8 cm³/mol. The van der Waals surface area contributed by atoms with E-state index in [2.05, 4.69) is 5.32 Å². The number of carbonyl (C=O) groups is 2. The molecule has 2 rings (SSSR count). The number of ether oxygens (including phenoxy) is 1. The van der Waals surface area contributed by atoms with Crippen LogP contribution in [0.1, 0.15) is 26.3 Å². The zero-order chi connectivity index (χ0) is 20.4. The molecule has 27 heavy (non-hydrogen) atoms. The molecule has 1 aliphatic heterocycles. The fourth-order valence-corrected chi connectivity index (χ4v) is 2.41. The molecule has 0 unspecified atom stereocenters. The maximum Gasteiger partial charge on any atom is 0.416 e. The number of amides is 3. The molecular formula is C17H21F4N3O3. The number of benzene rings is 1. The lowest BCUT2D eigenvalue weighted by atomic mass is 10.2. The van der Waals surface area contributed by atoms with Crippen LogP contribution in [0, 0.1) is 5.82 Å². The van der Waals surface area contributed by atoms with Crippen molar-refractivity contribution < 1.29 is 31.9 Å². The highest BCUT2D eigenvalue weighted by atomic mass is 19.4. The second kappa shape index (κ2) is 7.61. The third kappa shape index (κ3) is 5.73. The molecule has 0 aliphatic carbocycles. The van der Waals surface area contributed by atoms with Crippen molar-refractivity contribution in [2.45, 2.75) is 32.5 Å². The summed E-state index contributed by atoms with van der Waals surface area (Å²) in [5.74, 6) is -0.969. The van der Waals surface area contributed by atoms with Gasteiger partial charge in [0, 0.05) is 26.2 Å². The highest BCUT2D eigenvalue weighted by molar-refractivity contribution is 5.89. The van der Waals surface area contributed by atoms with Crippen LogP contribution in [0.25, 0.3) is 0 Å². The molecule has 0 aromatic heterocycles. The summed E-state index contributed by atoms with van der Waals surface area (Å²) in [7, 11) is 0. The minimum atomic E-state index is -4.65. The maximum absolute atomic E-state index is 13.7. The van der Waals surface area contributed by atoms with Crippen LogP contribution in [0.4, 0.5) is 32.8 Å². The van der Waals surface area contributed by atoms with Gasteiger partial charge in [-0.2, -0.15) is 13.2 Å². The van der Waals surface area contributed by atoms with Crippen molar-refractivity contribution in [1.29, 1.82) is 0 Å². The monoisotopic (exact) mass is 391 g/mol. The van der Waals surface area contributed by atoms with Crippen molar-refractivity contribution in [3.8, 4) is 0 Å². The second-order valence-electron chi connectivity index (χ2n) is 7.08. The Morgan fingerprint density at radius 3 is 2.11 bits per heavy atom. The van der Waals surface area contributed by atoms with Gasteiger partial charge in [-0.25, -0.2) is 14.0 Å². The molecule has 6 nitrogen and oxygen atoms in total. The minimum absolute atomic E-state index is 0.145. The van der Waals surface area contributed by atoms with Crippen LogP contribution in [0.3, 0.4) is 0 Å². The Morgan fingerprint density at radius 2 is 1.59 bits per heavy atom. The molecule has 1 aliphatic rings. The van der Waals surface area contributed by atoms with Gasteiger partial charge in [0.05, 0.1) is 11.3 Å². The van der Waals surface area contributed by atoms with Gasteiger partial charge in [0.15, 0.2) is 0 Å². The number of carbonyl (C=O) groups excluding carboxylic acids is 2. The van der Waals surface area contributed by atoms with Crippen molar-refractivity contribution in [2.24, 2.45) is 0 Å². The molecule has 0 bridgehead atoms. The van der Waals surface area contributed by atoms with Crippen LogP contribution in [0.2, 0.25) is 0 Å². The molecule has 1 fully saturated rings. The van der Waals surface area contributed by atoms with Crippen LogP contribution in [0.5, 0.6) is 0 Å². The van der Waals surface area contributed by atoms with Crippen molar-refractivity contribution in [3.05, 3.63) is 29.6 Å². The van der Waals surface area contributed by atoms with E-state index in [1.54, 1.807) is 20.8 Å². The van der Waals surface area contributed by atoms with Crippen LogP contribution in [0.15, 0.2) is 18.2 Å². The molecule has 3 amide bonds. The van der Waals surface area contributed by atoms with Gasteiger partial charge in [-0.05, 0) is 39.0 Å². The first-order valence-electron chi connectivity index (χ1n) is 8.27. The predicted octanol–water partition coefficient (Wildman–Crippen LogP) is 3.93. The van der Waals surface area contributed by atoms with E-state index >= 15 is 0 Å². The van der Waals surface area contributed by atoms with Gasteiger partial charge in [-0.1, -0.05) is 0 Å². The van der Waals surface area contributed by atoms with E-state index in [1.165, 1.54) is 9.80 Å². The summed E-state index contributed by atoms with van der Waals surface area (Å²) in [6.45, 7) is 5.90. The Morgan fingerprint density at radius 1 is 1.04 bits per heavy atom. The summed E-state index contributed by atoms with van der Waals surface area (Å²) in [5, 5.41) is 2.15. The van der Waals surface area contributed by atoms with Gasteiger partial charge in [0.1, 0.15) is 11.4 Å². The smallest absolute Gasteiger partial charge is 0.416 e. The topological polar surface area (TPSA) is 61.9 Å². The molecule has 1 N–H and O–H groups in total. The van der Waals surface area contributed by atoms with Crippen molar-refractivity contribution in [2.75, 3.05) is 31.5 Å². The number of anilines is 1. The molecule has 10 heteroatoms. The van der Waals surface area contributed by atoms with Gasteiger partial charge < -0.3 is 19.9 Å². The lowest BCUT2D eigenvalue weighted by Gasteiger charge is -2.35. The highest BCUT2D eigenvalue weighted by Crippen LogP contribution is 2.31. The third-order valence-electron chi connectivity index (χ3n) is 3.75. The van der Waals surface area contributed by atoms with E-state index in [4.69, 9.17) is 4.74 Å². The van der Waals surface area contributed by atoms with Gasteiger partial charge in [0.2, 0.25) is 0 Å². The number of hydrogen-bond acceptors (Lipinski definition) is 3. The van der Waals surface area contributed by atoms with Crippen molar-refractivity contribution >= 4 is 17.8 Å². The Labute approximate surface area is 154 Å². The first kappa shape index (κ1) is 20.8. The average Bonchev–Trinajstić information content (AvgIpc) is 2.54. The fourth-order valence-electron chi connectivity index (χ4n) is 2.41. The third-order valence-corrected chi connectivity index (χ3v) is 3.75. The number of halogens is 4. The van der Waals surface area contributed by atoms with Crippen molar-refractivity contribution in [1.82, 2.24) is 9.80 Å². The summed E-state index contributed by atoms with van der Waals surface area (Å²) in [4.78, 5) is 26.9. The summed E-state index contributed by atoms with van der Waals surface area (Å²) < 4.78 is 57.2. The summed E-state index contributed by atoms with van der Waals surface area (Å²) in [5.41, 5.74) is -2.26. The molecule has 1 saturated heterocycles. The van der Waals surface area contributed by atoms with E-state index in [-0.39, 0.29) is 26.2 Å². The van der Waals surface area contributed by atoms with Crippen LogP contribution in [-0.4, -0.2) is 53.7 Å². The number of hydrogen-bond donors (Lipinski definition) is 1. The molecule has 0 spiro atoms. The zero-order valence-electron chi connectivity index (χ0n) is 15.2. The number of rotatable bonds is 1. The second-order valence-corrected chi connectivity index (χ2v) is 7.08.